The number of hydrogen-bond donors (Lipinski definition) is 2. The number of benzene rings is 1. The number of rotatable bonds is 5. The van der Waals surface area contributed by atoms with Gasteiger partial charge in [-0.1, -0.05) is 18.3 Å². The number of aryl methyl sites for hydroxylation is 1. The molecule has 0 atom stereocenters. The van der Waals surface area contributed by atoms with Gasteiger partial charge in [-0.05, 0) is 30.7 Å². The molecular weight excluding hydrogens is 350 g/mol. The van der Waals surface area contributed by atoms with Crippen molar-refractivity contribution >= 4 is 37.3 Å². The summed E-state index contributed by atoms with van der Waals surface area (Å²) in [7, 11) is -2.28. The number of nitrogens with one attached hydrogen (secondary N) is 2. The molecule has 0 spiro atoms. The Morgan fingerprint density at radius 3 is 2.79 bits per heavy atom. The van der Waals surface area contributed by atoms with Crippen LogP contribution in [0.15, 0.2) is 40.0 Å². The van der Waals surface area contributed by atoms with Crippen LogP contribution in [0.1, 0.15) is 12.6 Å². The highest BCUT2D eigenvalue weighted by Crippen LogP contribution is 2.24. The maximum atomic E-state index is 12.6. The molecule has 0 aliphatic carbocycles. The predicted molar refractivity (Wildman–Crippen MR) is 93.4 cm³/mol. The molecule has 126 valence electrons. The van der Waals surface area contributed by atoms with Crippen molar-refractivity contribution in [3.05, 3.63) is 45.7 Å². The second-order valence-electron chi connectivity index (χ2n) is 4.98. The number of ether oxygens (including phenoxy) is 1. The van der Waals surface area contributed by atoms with E-state index in [0.29, 0.717) is 33.9 Å². The van der Waals surface area contributed by atoms with Crippen LogP contribution in [-0.4, -0.2) is 25.5 Å². The van der Waals surface area contributed by atoms with E-state index in [2.05, 4.69) is 14.7 Å². The Kier molecular flexibility index (Phi) is 4.29. The maximum absolute atomic E-state index is 12.6. The van der Waals surface area contributed by atoms with Crippen LogP contribution in [0.4, 0.5) is 5.69 Å². The molecule has 0 radical (unpaired) electrons. The minimum Gasteiger partial charge on any atom is -0.481 e. The number of H-pyrrole nitrogens is 1. The summed E-state index contributed by atoms with van der Waals surface area (Å²) >= 11 is 0.969. The number of hydrogen-bond acceptors (Lipinski definition) is 6. The van der Waals surface area contributed by atoms with Gasteiger partial charge in [0.05, 0.1) is 33.6 Å². The van der Waals surface area contributed by atoms with E-state index in [1.807, 2.05) is 6.92 Å². The van der Waals surface area contributed by atoms with Gasteiger partial charge in [-0.15, -0.1) is 0 Å². The molecule has 3 aromatic rings. The van der Waals surface area contributed by atoms with Gasteiger partial charge in [0.2, 0.25) is 5.88 Å². The SMILES string of the molecule is CCc1nc(OC)ccc1NS(=O)(=O)c1ccc2[nH]c(=O)sc2c1. The number of pyridine rings is 1. The van der Waals surface area contributed by atoms with E-state index in [9.17, 15) is 13.2 Å². The van der Waals surface area contributed by atoms with Gasteiger partial charge in [-0.25, -0.2) is 13.4 Å². The van der Waals surface area contributed by atoms with E-state index in [4.69, 9.17) is 4.74 Å². The number of sulfonamides is 1. The van der Waals surface area contributed by atoms with Crippen molar-refractivity contribution < 1.29 is 13.2 Å². The van der Waals surface area contributed by atoms with Crippen molar-refractivity contribution in [2.75, 3.05) is 11.8 Å². The molecule has 1 aromatic carbocycles. The van der Waals surface area contributed by atoms with E-state index in [1.54, 1.807) is 18.2 Å². The summed E-state index contributed by atoms with van der Waals surface area (Å²) in [5.41, 5.74) is 1.61. The number of aromatic amines is 1. The summed E-state index contributed by atoms with van der Waals surface area (Å²) in [4.78, 5) is 18.1. The molecule has 0 amide bonds. The average molecular weight is 365 g/mol. The van der Waals surface area contributed by atoms with E-state index >= 15 is 0 Å². The van der Waals surface area contributed by atoms with Gasteiger partial charge >= 0.3 is 4.87 Å². The standard InChI is InChI=1S/C15H15N3O4S2/c1-3-10-11(6-7-14(16-10)22-2)18-24(20,21)9-4-5-12-13(8-9)23-15(19)17-12/h4-8,18H,3H2,1-2H3,(H,17,19). The van der Waals surface area contributed by atoms with Crippen molar-refractivity contribution in [2.24, 2.45) is 0 Å². The van der Waals surface area contributed by atoms with Gasteiger partial charge < -0.3 is 9.72 Å². The minimum atomic E-state index is -3.79. The molecule has 3 rings (SSSR count). The minimum absolute atomic E-state index is 0.0862. The van der Waals surface area contributed by atoms with Gasteiger partial charge in [-0.3, -0.25) is 9.52 Å². The summed E-state index contributed by atoms with van der Waals surface area (Å²) < 4.78 is 33.4. The third kappa shape index (κ3) is 3.13. The molecule has 0 bridgehead atoms. The van der Waals surface area contributed by atoms with E-state index in [-0.39, 0.29) is 9.77 Å². The number of methoxy groups -OCH3 is 1. The fourth-order valence-corrected chi connectivity index (χ4v) is 4.22. The molecule has 0 fully saturated rings. The van der Waals surface area contributed by atoms with Gasteiger partial charge in [-0.2, -0.15) is 0 Å². The topological polar surface area (TPSA) is 101 Å². The molecular formula is C15H15N3O4S2. The molecule has 9 heteroatoms. The van der Waals surface area contributed by atoms with Crippen LogP contribution in [0.5, 0.6) is 5.88 Å². The molecule has 0 saturated heterocycles. The second-order valence-corrected chi connectivity index (χ2v) is 7.68. The lowest BCUT2D eigenvalue weighted by atomic mass is 10.2. The summed E-state index contributed by atoms with van der Waals surface area (Å²) in [5, 5.41) is 0. The smallest absolute Gasteiger partial charge is 0.305 e. The summed E-state index contributed by atoms with van der Waals surface area (Å²) in [6.07, 6.45) is 0.549. The lowest BCUT2D eigenvalue weighted by Crippen LogP contribution is -2.14. The van der Waals surface area contributed by atoms with Crippen LogP contribution in [0.3, 0.4) is 0 Å². The molecule has 2 aromatic heterocycles. The number of anilines is 1. The first-order chi connectivity index (χ1) is 11.4. The Morgan fingerprint density at radius 2 is 2.08 bits per heavy atom. The van der Waals surface area contributed by atoms with Crippen molar-refractivity contribution in [3.8, 4) is 5.88 Å². The van der Waals surface area contributed by atoms with Crippen LogP contribution in [0.2, 0.25) is 0 Å². The van der Waals surface area contributed by atoms with Crippen LogP contribution in [-0.2, 0) is 16.4 Å². The number of fused-ring (bicyclic) bond motifs is 1. The Labute approximate surface area is 142 Å². The van der Waals surface area contributed by atoms with Crippen molar-refractivity contribution in [2.45, 2.75) is 18.2 Å². The van der Waals surface area contributed by atoms with Gasteiger partial charge in [0.15, 0.2) is 0 Å². The van der Waals surface area contributed by atoms with Crippen molar-refractivity contribution in [3.63, 3.8) is 0 Å². The third-order valence-corrected chi connectivity index (χ3v) is 5.65. The van der Waals surface area contributed by atoms with Crippen LogP contribution in [0.25, 0.3) is 10.2 Å². The Balaban J connectivity index is 1.99. The normalized spacial score (nSPS) is 11.6. The predicted octanol–water partition coefficient (Wildman–Crippen LogP) is 2.36. The fraction of sp³-hybridized carbons (Fsp3) is 0.200. The summed E-state index contributed by atoms with van der Waals surface area (Å²) in [6, 6.07) is 7.72. The lowest BCUT2D eigenvalue weighted by molar-refractivity contribution is 0.396. The van der Waals surface area contributed by atoms with Gasteiger partial charge in [0, 0.05) is 6.07 Å². The molecule has 0 aliphatic rings. The lowest BCUT2D eigenvalue weighted by Gasteiger charge is -2.12. The first-order valence-corrected chi connectivity index (χ1v) is 9.42. The largest absolute Gasteiger partial charge is 0.481 e. The van der Waals surface area contributed by atoms with E-state index < -0.39 is 10.0 Å². The third-order valence-electron chi connectivity index (χ3n) is 3.44. The molecule has 0 unspecified atom stereocenters. The number of nitrogens with zero attached hydrogens (tertiary/aromatic N) is 1. The highest BCUT2D eigenvalue weighted by molar-refractivity contribution is 7.92. The summed E-state index contributed by atoms with van der Waals surface area (Å²) in [6.45, 7) is 1.88. The van der Waals surface area contributed by atoms with Gasteiger partial charge in [0.25, 0.3) is 10.0 Å². The Hall–Kier alpha value is -2.39. The molecule has 2 N–H and O–H groups in total. The number of aromatic nitrogens is 2. The fourth-order valence-electron chi connectivity index (χ4n) is 2.25. The van der Waals surface area contributed by atoms with E-state index in [1.165, 1.54) is 19.2 Å². The quantitative estimate of drug-likeness (QED) is 0.723. The van der Waals surface area contributed by atoms with Crippen LogP contribution in [0, 0.1) is 0 Å². The zero-order valence-corrected chi connectivity index (χ0v) is 14.6. The molecule has 0 saturated carbocycles. The van der Waals surface area contributed by atoms with E-state index in [0.717, 1.165) is 11.3 Å². The molecule has 0 aliphatic heterocycles. The van der Waals surface area contributed by atoms with Gasteiger partial charge in [0.1, 0.15) is 0 Å². The molecule has 7 nitrogen and oxygen atoms in total. The Morgan fingerprint density at radius 1 is 1.29 bits per heavy atom. The first-order valence-electron chi connectivity index (χ1n) is 7.12. The number of thiazole rings is 1. The maximum Gasteiger partial charge on any atom is 0.305 e. The van der Waals surface area contributed by atoms with Crippen molar-refractivity contribution in [1.82, 2.24) is 9.97 Å². The zero-order chi connectivity index (χ0) is 17.3. The molecule has 24 heavy (non-hydrogen) atoms. The highest BCUT2D eigenvalue weighted by Gasteiger charge is 2.18. The first kappa shape index (κ1) is 16.5. The molecule has 2 heterocycles. The van der Waals surface area contributed by atoms with Crippen LogP contribution < -0.4 is 14.3 Å². The van der Waals surface area contributed by atoms with Crippen LogP contribution >= 0.6 is 11.3 Å². The zero-order valence-electron chi connectivity index (χ0n) is 13.0. The van der Waals surface area contributed by atoms with Crippen molar-refractivity contribution in [1.29, 1.82) is 0 Å². The highest BCUT2D eigenvalue weighted by atomic mass is 32.2. The summed E-state index contributed by atoms with van der Waals surface area (Å²) in [5.74, 6) is 0.424. The monoisotopic (exact) mass is 365 g/mol. The Bertz CT molecular complexity index is 1050. The second kappa shape index (κ2) is 6.25. The average Bonchev–Trinajstić information content (AvgIpc) is 2.94.